The average molecular weight is 623 g/mol. The van der Waals surface area contributed by atoms with Crippen LogP contribution in [0.2, 0.25) is 0 Å². The van der Waals surface area contributed by atoms with E-state index in [1.165, 1.54) is 4.90 Å². The lowest BCUT2D eigenvalue weighted by atomic mass is 9.95. The number of carbonyl (C=O) groups is 3. The summed E-state index contributed by atoms with van der Waals surface area (Å²) in [7, 11) is 0. The molecule has 1 aliphatic rings. The fraction of sp³-hybridized carbons (Fsp3) is 0.394. The first-order valence-corrected chi connectivity index (χ1v) is 15.6. The zero-order valence-electron chi connectivity index (χ0n) is 25.7. The molecule has 2 heterocycles. The summed E-state index contributed by atoms with van der Waals surface area (Å²) in [5.41, 5.74) is 1.07. The fourth-order valence-electron chi connectivity index (χ4n) is 4.71. The number of carbonyl (C=O) groups excluding carboxylic acids is 3. The third-order valence-electron chi connectivity index (χ3n) is 6.84. The van der Waals surface area contributed by atoms with E-state index in [0.717, 1.165) is 30.6 Å². The standard InChI is InChI=1S/C33H38N2O8S/c1-6-10-18-42-23-14-11-21(12-15-23)28(36)26-27(22-13-16-24(43-17-7-2)25(19-22)40-8-3)35(31(38)29(26)37)33-34-20(5)30(44-33)32(39)41-9-4/h11-16,19,27,36H,6-10,17-18H2,1-5H3/t27-/m1/s1. The lowest BCUT2D eigenvalue weighted by molar-refractivity contribution is -0.132. The van der Waals surface area contributed by atoms with Crippen LogP contribution in [0.3, 0.4) is 0 Å². The van der Waals surface area contributed by atoms with Crippen LogP contribution in [0.4, 0.5) is 5.13 Å². The van der Waals surface area contributed by atoms with Crippen molar-refractivity contribution in [3.05, 3.63) is 69.7 Å². The molecule has 4 rings (SSSR count). The minimum Gasteiger partial charge on any atom is -0.507 e. The molecule has 2 aromatic carbocycles. The van der Waals surface area contributed by atoms with Crippen molar-refractivity contribution in [1.29, 1.82) is 0 Å². The number of nitrogens with zero attached hydrogens (tertiary/aromatic N) is 2. The minimum atomic E-state index is -1.07. The quantitative estimate of drug-likeness (QED) is 0.0694. The number of hydrogen-bond donors (Lipinski definition) is 1. The Bertz CT molecular complexity index is 1530. The summed E-state index contributed by atoms with van der Waals surface area (Å²) in [4.78, 5) is 45.9. The highest BCUT2D eigenvalue weighted by molar-refractivity contribution is 7.17. The van der Waals surface area contributed by atoms with Crippen LogP contribution in [-0.2, 0) is 14.3 Å². The van der Waals surface area contributed by atoms with Crippen LogP contribution in [0, 0.1) is 6.92 Å². The number of aryl methyl sites for hydroxylation is 1. The lowest BCUT2D eigenvalue weighted by Gasteiger charge is -2.24. The molecule has 1 saturated heterocycles. The Balaban J connectivity index is 1.86. The molecule has 0 radical (unpaired) electrons. The highest BCUT2D eigenvalue weighted by Crippen LogP contribution is 2.45. The van der Waals surface area contributed by atoms with Gasteiger partial charge in [0.05, 0.1) is 43.7 Å². The normalized spacial score (nSPS) is 15.8. The number of anilines is 1. The molecule has 1 aliphatic heterocycles. The number of esters is 1. The molecule has 0 aliphatic carbocycles. The monoisotopic (exact) mass is 622 g/mol. The number of ether oxygens (including phenoxy) is 4. The van der Waals surface area contributed by atoms with E-state index < -0.39 is 23.7 Å². The Morgan fingerprint density at radius 2 is 1.68 bits per heavy atom. The maximum Gasteiger partial charge on any atom is 0.350 e. The number of ketones is 1. The summed E-state index contributed by atoms with van der Waals surface area (Å²) in [6, 6.07) is 10.8. The Labute approximate surface area is 261 Å². The summed E-state index contributed by atoms with van der Waals surface area (Å²) < 4.78 is 22.6. The molecule has 0 spiro atoms. The van der Waals surface area contributed by atoms with E-state index in [1.807, 2.05) is 13.8 Å². The molecular weight excluding hydrogens is 584 g/mol. The SMILES string of the molecule is CCCCOc1ccc(C(O)=C2C(=O)C(=O)N(c3nc(C)c(C(=O)OCC)s3)[C@@H]2c2ccc(OCCC)c(OCC)c2)cc1. The molecule has 1 amide bonds. The Kier molecular flexibility index (Phi) is 11.0. The van der Waals surface area contributed by atoms with E-state index in [-0.39, 0.29) is 27.9 Å². The topological polar surface area (TPSA) is 124 Å². The van der Waals surface area contributed by atoms with E-state index in [2.05, 4.69) is 11.9 Å². The van der Waals surface area contributed by atoms with Gasteiger partial charge in [-0.1, -0.05) is 37.7 Å². The van der Waals surface area contributed by atoms with Gasteiger partial charge in [0.25, 0.3) is 5.78 Å². The maximum absolute atomic E-state index is 13.7. The number of benzene rings is 2. The number of amides is 1. The lowest BCUT2D eigenvalue weighted by Crippen LogP contribution is -2.29. The second kappa shape index (κ2) is 14.9. The van der Waals surface area contributed by atoms with Gasteiger partial charge in [0.1, 0.15) is 16.4 Å². The number of Topliss-reactive ketones (excluding diaryl/α,β-unsaturated/α-hetero) is 1. The van der Waals surface area contributed by atoms with Gasteiger partial charge in [-0.15, -0.1) is 0 Å². The second-order valence-corrected chi connectivity index (χ2v) is 11.0. The van der Waals surface area contributed by atoms with Gasteiger partial charge in [-0.25, -0.2) is 9.78 Å². The number of aliphatic hydroxyl groups excluding tert-OH is 1. The molecule has 10 nitrogen and oxygen atoms in total. The van der Waals surface area contributed by atoms with E-state index in [9.17, 15) is 19.5 Å². The molecule has 1 aromatic heterocycles. The molecule has 234 valence electrons. The molecule has 1 fully saturated rings. The van der Waals surface area contributed by atoms with E-state index in [0.29, 0.717) is 53.9 Å². The highest BCUT2D eigenvalue weighted by Gasteiger charge is 2.48. The van der Waals surface area contributed by atoms with Crippen molar-refractivity contribution < 1.29 is 38.4 Å². The second-order valence-electron chi connectivity index (χ2n) is 10.0. The summed E-state index contributed by atoms with van der Waals surface area (Å²) >= 11 is 0.949. The first-order chi connectivity index (χ1) is 21.2. The first kappa shape index (κ1) is 32.5. The van der Waals surface area contributed by atoms with E-state index in [4.69, 9.17) is 18.9 Å². The van der Waals surface area contributed by atoms with Gasteiger partial charge < -0.3 is 24.1 Å². The molecule has 1 N–H and O–H groups in total. The molecular formula is C33H38N2O8S. The zero-order chi connectivity index (χ0) is 31.8. The third-order valence-corrected chi connectivity index (χ3v) is 7.97. The fourth-order valence-corrected chi connectivity index (χ4v) is 5.70. The molecule has 0 bridgehead atoms. The van der Waals surface area contributed by atoms with E-state index in [1.54, 1.807) is 56.3 Å². The third kappa shape index (κ3) is 6.88. The first-order valence-electron chi connectivity index (χ1n) is 14.8. The van der Waals surface area contributed by atoms with Crippen molar-refractivity contribution in [2.24, 2.45) is 0 Å². The predicted molar refractivity (Wildman–Crippen MR) is 168 cm³/mol. The number of thiazole rings is 1. The Hall–Kier alpha value is -4.38. The van der Waals surface area contributed by atoms with Crippen molar-refractivity contribution in [3.8, 4) is 17.2 Å². The van der Waals surface area contributed by atoms with Crippen molar-refractivity contribution in [2.45, 2.75) is 59.9 Å². The maximum atomic E-state index is 13.7. The van der Waals surface area contributed by atoms with Gasteiger partial charge in [-0.05, 0) is 75.6 Å². The van der Waals surface area contributed by atoms with Crippen molar-refractivity contribution in [3.63, 3.8) is 0 Å². The van der Waals surface area contributed by atoms with Gasteiger partial charge in [0.2, 0.25) is 0 Å². The largest absolute Gasteiger partial charge is 0.507 e. The predicted octanol–water partition coefficient (Wildman–Crippen LogP) is 6.62. The van der Waals surface area contributed by atoms with E-state index >= 15 is 0 Å². The van der Waals surface area contributed by atoms with Crippen LogP contribution >= 0.6 is 11.3 Å². The average Bonchev–Trinajstić information content (AvgIpc) is 3.53. The van der Waals surface area contributed by atoms with Crippen LogP contribution in [0.25, 0.3) is 5.76 Å². The summed E-state index contributed by atoms with van der Waals surface area (Å²) in [6.07, 6.45) is 2.70. The molecule has 11 heteroatoms. The van der Waals surface area contributed by atoms with Crippen molar-refractivity contribution in [2.75, 3.05) is 31.3 Å². The zero-order valence-corrected chi connectivity index (χ0v) is 26.5. The van der Waals surface area contributed by atoms with Crippen LogP contribution in [0.5, 0.6) is 17.2 Å². The number of hydrogen-bond acceptors (Lipinski definition) is 10. The van der Waals surface area contributed by atoms with Gasteiger partial charge >= 0.3 is 11.9 Å². The number of rotatable bonds is 14. The molecule has 0 unspecified atom stereocenters. The number of aromatic nitrogens is 1. The Morgan fingerprint density at radius 3 is 2.34 bits per heavy atom. The molecule has 1 atom stereocenters. The Morgan fingerprint density at radius 1 is 0.932 bits per heavy atom. The smallest absolute Gasteiger partial charge is 0.350 e. The van der Waals surface area contributed by atoms with Gasteiger partial charge in [-0.2, -0.15) is 0 Å². The summed E-state index contributed by atoms with van der Waals surface area (Å²) in [6.45, 7) is 10.8. The summed E-state index contributed by atoms with van der Waals surface area (Å²) in [5, 5.41) is 11.7. The van der Waals surface area contributed by atoms with Crippen LogP contribution in [0.15, 0.2) is 48.0 Å². The molecule has 3 aromatic rings. The summed E-state index contributed by atoms with van der Waals surface area (Å²) in [5.74, 6) is -1.11. The van der Waals surface area contributed by atoms with Crippen molar-refractivity contribution in [1.82, 2.24) is 4.98 Å². The van der Waals surface area contributed by atoms with Crippen LogP contribution in [0.1, 0.15) is 79.5 Å². The minimum absolute atomic E-state index is 0.120. The molecule has 44 heavy (non-hydrogen) atoms. The number of aliphatic hydroxyl groups is 1. The highest BCUT2D eigenvalue weighted by atomic mass is 32.1. The number of unbranched alkanes of at least 4 members (excludes halogenated alkanes) is 1. The molecule has 0 saturated carbocycles. The van der Waals surface area contributed by atoms with Crippen LogP contribution < -0.4 is 19.1 Å². The van der Waals surface area contributed by atoms with Crippen molar-refractivity contribution >= 4 is 39.9 Å². The van der Waals surface area contributed by atoms with Gasteiger partial charge in [0.15, 0.2) is 16.6 Å². The van der Waals surface area contributed by atoms with Gasteiger partial charge in [-0.3, -0.25) is 14.5 Å². The van der Waals surface area contributed by atoms with Crippen LogP contribution in [-0.4, -0.2) is 54.2 Å². The van der Waals surface area contributed by atoms with Gasteiger partial charge in [0, 0.05) is 5.56 Å².